The fourth-order valence-electron chi connectivity index (χ4n) is 3.07. The Labute approximate surface area is 174 Å². The third-order valence-electron chi connectivity index (χ3n) is 5.03. The maximum Gasteiger partial charge on any atom is 0.249 e. The van der Waals surface area contributed by atoms with Crippen LogP contribution in [0, 0.1) is 5.92 Å². The summed E-state index contributed by atoms with van der Waals surface area (Å²) in [6.07, 6.45) is 2.76. The molecule has 1 N–H and O–H groups in total. The second kappa shape index (κ2) is 8.64. The van der Waals surface area contributed by atoms with Gasteiger partial charge in [-0.3, -0.25) is 4.79 Å². The highest BCUT2D eigenvalue weighted by Gasteiger charge is 2.31. The zero-order chi connectivity index (χ0) is 21.1. The summed E-state index contributed by atoms with van der Waals surface area (Å²) < 4.78 is 15.8. The van der Waals surface area contributed by atoms with Crippen LogP contribution >= 0.6 is 0 Å². The van der Waals surface area contributed by atoms with E-state index in [-0.39, 0.29) is 24.3 Å². The highest BCUT2D eigenvalue weighted by atomic mass is 16.5. The Morgan fingerprint density at radius 3 is 2.60 bits per heavy atom. The van der Waals surface area contributed by atoms with Gasteiger partial charge in [-0.15, -0.1) is 0 Å². The summed E-state index contributed by atoms with van der Waals surface area (Å²) >= 11 is 0. The van der Waals surface area contributed by atoms with Crippen LogP contribution in [-0.2, 0) is 11.2 Å². The number of amides is 1. The molecule has 0 saturated heterocycles. The largest absolute Gasteiger partial charge is 0.497 e. The number of ether oxygens (including phenoxy) is 1. The van der Waals surface area contributed by atoms with E-state index >= 15 is 0 Å². The van der Waals surface area contributed by atoms with Gasteiger partial charge in [-0.2, -0.15) is 9.97 Å². The van der Waals surface area contributed by atoms with Crippen LogP contribution in [-0.4, -0.2) is 33.3 Å². The van der Waals surface area contributed by atoms with Crippen molar-refractivity contribution in [3.63, 3.8) is 0 Å². The lowest BCUT2D eigenvalue weighted by molar-refractivity contribution is -0.122. The van der Waals surface area contributed by atoms with Crippen LogP contribution < -0.4 is 10.1 Å². The molecule has 1 saturated carbocycles. The molecule has 30 heavy (non-hydrogen) atoms. The average Bonchev–Trinajstić information content (AvgIpc) is 3.30. The quantitative estimate of drug-likeness (QED) is 0.569. The molecule has 1 atom stereocenters. The predicted octanol–water partition coefficient (Wildman–Crippen LogP) is 3.45. The number of hydrogen-bond donors (Lipinski definition) is 1. The minimum atomic E-state index is -0.324. The summed E-state index contributed by atoms with van der Waals surface area (Å²) in [5.74, 6) is 3.22. The van der Waals surface area contributed by atoms with Crippen molar-refractivity contribution < 1.29 is 18.6 Å². The first-order chi connectivity index (χ1) is 14.5. The van der Waals surface area contributed by atoms with Gasteiger partial charge < -0.3 is 19.1 Å². The van der Waals surface area contributed by atoms with E-state index in [1.54, 1.807) is 7.11 Å². The molecule has 4 rings (SSSR count). The molecule has 1 aliphatic carbocycles. The zero-order valence-corrected chi connectivity index (χ0v) is 17.3. The number of benzene rings is 1. The molecule has 3 aromatic rings. The number of nitrogens with one attached hydrogen (secondary N) is 1. The van der Waals surface area contributed by atoms with Gasteiger partial charge in [0, 0.05) is 24.3 Å². The Hall–Kier alpha value is -3.23. The van der Waals surface area contributed by atoms with Crippen molar-refractivity contribution in [1.29, 1.82) is 0 Å². The maximum atomic E-state index is 12.5. The Balaban J connectivity index is 1.33. The summed E-state index contributed by atoms with van der Waals surface area (Å²) in [7, 11) is 1.61. The number of aryl methyl sites for hydroxylation is 1. The smallest absolute Gasteiger partial charge is 0.249 e. The lowest BCUT2D eigenvalue weighted by Gasteiger charge is -2.18. The first kappa shape index (κ1) is 20.1. The van der Waals surface area contributed by atoms with Gasteiger partial charge in [-0.25, -0.2) is 0 Å². The fourth-order valence-corrected chi connectivity index (χ4v) is 3.07. The van der Waals surface area contributed by atoms with Crippen molar-refractivity contribution in [3.8, 4) is 17.1 Å². The number of hydrogen-bond acceptors (Lipinski definition) is 8. The third kappa shape index (κ3) is 4.67. The van der Waals surface area contributed by atoms with Crippen molar-refractivity contribution in [3.05, 3.63) is 41.9 Å². The summed E-state index contributed by atoms with van der Waals surface area (Å²) in [5.41, 5.74) is 0.818. The van der Waals surface area contributed by atoms with Gasteiger partial charge >= 0.3 is 0 Å². The predicted molar refractivity (Wildman–Crippen MR) is 107 cm³/mol. The van der Waals surface area contributed by atoms with Gasteiger partial charge in [-0.05, 0) is 43.0 Å². The van der Waals surface area contributed by atoms with Crippen LogP contribution in [0.15, 0.2) is 33.3 Å². The van der Waals surface area contributed by atoms with E-state index in [0.29, 0.717) is 29.9 Å². The molecule has 1 aliphatic rings. The minimum absolute atomic E-state index is 0.117. The van der Waals surface area contributed by atoms with Gasteiger partial charge in [0.05, 0.1) is 7.11 Å². The van der Waals surface area contributed by atoms with Gasteiger partial charge in [0.15, 0.2) is 5.82 Å². The molecular formula is C21H25N5O4. The Kier molecular flexibility index (Phi) is 5.78. The van der Waals surface area contributed by atoms with Crippen LogP contribution in [0.4, 0.5) is 0 Å². The zero-order valence-electron chi connectivity index (χ0n) is 17.3. The maximum absolute atomic E-state index is 12.5. The van der Waals surface area contributed by atoms with E-state index < -0.39 is 0 Å². The first-order valence-electron chi connectivity index (χ1n) is 10.1. The molecule has 2 aromatic heterocycles. The number of aromatic nitrogens is 4. The highest BCUT2D eigenvalue weighted by molar-refractivity contribution is 5.76. The summed E-state index contributed by atoms with van der Waals surface area (Å²) in [5, 5.41) is 11.0. The van der Waals surface area contributed by atoms with Crippen molar-refractivity contribution >= 4 is 5.91 Å². The summed E-state index contributed by atoms with van der Waals surface area (Å²) in [6.45, 7) is 4.01. The van der Waals surface area contributed by atoms with Gasteiger partial charge in [0.2, 0.25) is 23.5 Å². The number of nitrogens with zero attached hydrogens (tertiary/aromatic N) is 4. The van der Waals surface area contributed by atoms with Gasteiger partial charge in [0.1, 0.15) is 11.8 Å². The molecule has 9 nitrogen and oxygen atoms in total. The number of carbonyl (C=O) groups is 1. The molecular weight excluding hydrogens is 386 g/mol. The van der Waals surface area contributed by atoms with Gasteiger partial charge in [0.25, 0.3) is 0 Å². The average molecular weight is 411 g/mol. The number of methoxy groups -OCH3 is 1. The molecule has 0 aliphatic heterocycles. The standard InChI is InChI=1S/C21H25N5O4/c1-12(2)18(21-24-20(26-30-21)13-4-5-13)22-16(27)10-11-17-23-19(25-29-17)14-6-8-15(28-3)9-7-14/h6-9,12-13,18H,4-5,10-11H2,1-3H3,(H,22,27). The summed E-state index contributed by atoms with van der Waals surface area (Å²) in [6, 6.07) is 7.05. The molecule has 1 amide bonds. The molecule has 0 spiro atoms. The van der Waals surface area contributed by atoms with Crippen LogP contribution in [0.25, 0.3) is 11.4 Å². The lowest BCUT2D eigenvalue weighted by Crippen LogP contribution is -2.32. The van der Waals surface area contributed by atoms with E-state index in [4.69, 9.17) is 13.8 Å². The van der Waals surface area contributed by atoms with Crippen LogP contribution in [0.3, 0.4) is 0 Å². The van der Waals surface area contributed by atoms with Gasteiger partial charge in [-0.1, -0.05) is 24.2 Å². The van der Waals surface area contributed by atoms with Crippen molar-refractivity contribution in [2.75, 3.05) is 7.11 Å². The molecule has 1 aromatic carbocycles. The topological polar surface area (TPSA) is 116 Å². The van der Waals surface area contributed by atoms with Crippen molar-refractivity contribution in [1.82, 2.24) is 25.6 Å². The Bertz CT molecular complexity index is 991. The minimum Gasteiger partial charge on any atom is -0.497 e. The number of rotatable bonds is 9. The van der Waals surface area contributed by atoms with Crippen molar-refractivity contribution in [2.24, 2.45) is 5.92 Å². The molecule has 0 radical (unpaired) electrons. The second-order valence-corrected chi connectivity index (χ2v) is 7.79. The second-order valence-electron chi connectivity index (χ2n) is 7.79. The Morgan fingerprint density at radius 2 is 1.93 bits per heavy atom. The fraction of sp³-hybridized carbons (Fsp3) is 0.476. The van der Waals surface area contributed by atoms with Crippen LogP contribution in [0.2, 0.25) is 0 Å². The normalized spacial score (nSPS) is 14.7. The van der Waals surface area contributed by atoms with E-state index in [1.807, 2.05) is 38.1 Å². The van der Waals surface area contributed by atoms with Crippen molar-refractivity contribution in [2.45, 2.75) is 51.5 Å². The van der Waals surface area contributed by atoms with E-state index in [9.17, 15) is 4.79 Å². The summed E-state index contributed by atoms with van der Waals surface area (Å²) in [4.78, 5) is 21.3. The van der Waals surface area contributed by atoms with E-state index in [0.717, 1.165) is 30.0 Å². The monoisotopic (exact) mass is 411 g/mol. The molecule has 2 heterocycles. The SMILES string of the molecule is COc1ccc(-c2noc(CCC(=O)NC(c3nc(C4CC4)no3)C(C)C)n2)cc1. The highest BCUT2D eigenvalue weighted by Crippen LogP contribution is 2.38. The molecule has 9 heteroatoms. The molecule has 0 bridgehead atoms. The van der Waals surface area contributed by atoms with Crippen LogP contribution in [0.1, 0.15) is 62.7 Å². The molecule has 1 fully saturated rings. The van der Waals surface area contributed by atoms with Crippen LogP contribution in [0.5, 0.6) is 5.75 Å². The lowest BCUT2D eigenvalue weighted by atomic mass is 10.0. The van der Waals surface area contributed by atoms with E-state index in [2.05, 4.69) is 25.6 Å². The first-order valence-corrected chi connectivity index (χ1v) is 10.1. The Morgan fingerprint density at radius 1 is 1.17 bits per heavy atom. The molecule has 1 unspecified atom stereocenters. The van der Waals surface area contributed by atoms with E-state index in [1.165, 1.54) is 0 Å². The molecule has 158 valence electrons. The third-order valence-corrected chi connectivity index (χ3v) is 5.03. The number of carbonyl (C=O) groups excluding carboxylic acids is 1.